The fourth-order valence-electron chi connectivity index (χ4n) is 2.55. The van der Waals surface area contributed by atoms with E-state index < -0.39 is 28.0 Å². The van der Waals surface area contributed by atoms with Crippen molar-refractivity contribution in [1.29, 1.82) is 0 Å². The van der Waals surface area contributed by atoms with Crippen LogP contribution in [0.2, 0.25) is 0 Å². The van der Waals surface area contributed by atoms with Crippen molar-refractivity contribution in [3.05, 3.63) is 71.6 Å². The van der Waals surface area contributed by atoms with Gasteiger partial charge in [0.05, 0.1) is 6.04 Å². The van der Waals surface area contributed by atoms with Crippen molar-refractivity contribution in [2.24, 2.45) is 0 Å². The molecule has 1 N–H and O–H groups in total. The summed E-state index contributed by atoms with van der Waals surface area (Å²) < 4.78 is 36.8. The molecular weight excluding hydrogens is 382 g/mol. The van der Waals surface area contributed by atoms with E-state index in [4.69, 9.17) is 9.47 Å². The van der Waals surface area contributed by atoms with Gasteiger partial charge in [0.25, 0.3) is 0 Å². The highest BCUT2D eigenvalue weighted by Crippen LogP contribution is 2.31. The minimum atomic E-state index is -3.68. The Morgan fingerprint density at radius 1 is 1.04 bits per heavy atom. The van der Waals surface area contributed by atoms with Crippen LogP contribution in [0.15, 0.2) is 60.5 Å². The SMILES string of the molecule is C=CS(=O)(=O)NC(Cc1ccc(OC(C)=O)c(OC(C)=O)c1)c1ccccc1. The molecule has 2 aromatic carbocycles. The van der Waals surface area contributed by atoms with E-state index in [2.05, 4.69) is 11.3 Å². The van der Waals surface area contributed by atoms with Crippen molar-refractivity contribution in [3.63, 3.8) is 0 Å². The van der Waals surface area contributed by atoms with Gasteiger partial charge in [-0.3, -0.25) is 9.59 Å². The molecule has 0 fully saturated rings. The lowest BCUT2D eigenvalue weighted by Crippen LogP contribution is -2.28. The molecule has 0 spiro atoms. The zero-order valence-electron chi connectivity index (χ0n) is 15.5. The number of benzene rings is 2. The van der Waals surface area contributed by atoms with Crippen molar-refractivity contribution in [3.8, 4) is 11.5 Å². The second-order valence-corrected chi connectivity index (χ2v) is 7.62. The highest BCUT2D eigenvalue weighted by atomic mass is 32.2. The van der Waals surface area contributed by atoms with Crippen LogP contribution < -0.4 is 14.2 Å². The summed E-state index contributed by atoms with van der Waals surface area (Å²) >= 11 is 0. The molecule has 2 rings (SSSR count). The number of carbonyl (C=O) groups is 2. The zero-order chi connectivity index (χ0) is 20.7. The quantitative estimate of drug-likeness (QED) is 0.538. The summed E-state index contributed by atoms with van der Waals surface area (Å²) in [5.74, 6) is -0.937. The molecule has 0 aliphatic rings. The summed E-state index contributed by atoms with van der Waals surface area (Å²) in [6.45, 7) is 5.78. The van der Waals surface area contributed by atoms with Gasteiger partial charge in [-0.25, -0.2) is 13.1 Å². The van der Waals surface area contributed by atoms with E-state index in [-0.39, 0.29) is 17.9 Å². The van der Waals surface area contributed by atoms with Gasteiger partial charge in [-0.15, -0.1) is 0 Å². The monoisotopic (exact) mass is 403 g/mol. The van der Waals surface area contributed by atoms with E-state index in [1.165, 1.54) is 26.0 Å². The van der Waals surface area contributed by atoms with Crippen LogP contribution in [-0.4, -0.2) is 20.4 Å². The Morgan fingerprint density at radius 2 is 1.64 bits per heavy atom. The Bertz CT molecular complexity index is 969. The summed E-state index contributed by atoms with van der Waals surface area (Å²) in [7, 11) is -3.68. The van der Waals surface area contributed by atoms with E-state index in [1.54, 1.807) is 30.3 Å². The van der Waals surface area contributed by atoms with Crippen LogP contribution in [0.1, 0.15) is 31.0 Å². The topological polar surface area (TPSA) is 98.8 Å². The lowest BCUT2D eigenvalue weighted by Gasteiger charge is -2.19. The maximum absolute atomic E-state index is 12.0. The first-order valence-corrected chi connectivity index (χ1v) is 9.94. The molecule has 7 nitrogen and oxygen atoms in total. The van der Waals surface area contributed by atoms with E-state index in [0.717, 1.165) is 11.0 Å². The maximum atomic E-state index is 12.0. The van der Waals surface area contributed by atoms with E-state index >= 15 is 0 Å². The predicted molar refractivity (Wildman–Crippen MR) is 104 cm³/mol. The van der Waals surface area contributed by atoms with Gasteiger partial charge in [-0.1, -0.05) is 43.0 Å². The smallest absolute Gasteiger partial charge is 0.308 e. The molecule has 0 saturated heterocycles. The third-order valence-electron chi connectivity index (χ3n) is 3.68. The fourth-order valence-corrected chi connectivity index (χ4v) is 3.26. The average molecular weight is 403 g/mol. The van der Waals surface area contributed by atoms with Gasteiger partial charge in [-0.2, -0.15) is 0 Å². The molecule has 0 heterocycles. The molecule has 148 valence electrons. The molecule has 1 unspecified atom stereocenters. The average Bonchev–Trinajstić information content (AvgIpc) is 2.63. The highest BCUT2D eigenvalue weighted by molar-refractivity contribution is 7.92. The molecule has 8 heteroatoms. The largest absolute Gasteiger partial charge is 0.423 e. The summed E-state index contributed by atoms with van der Waals surface area (Å²) in [6, 6.07) is 13.2. The van der Waals surface area contributed by atoms with Crippen molar-refractivity contribution >= 4 is 22.0 Å². The number of hydrogen-bond donors (Lipinski definition) is 1. The van der Waals surface area contributed by atoms with Crippen molar-refractivity contribution in [2.75, 3.05) is 0 Å². The first kappa shape index (κ1) is 21.3. The van der Waals surface area contributed by atoms with Gasteiger partial charge in [0.1, 0.15) is 0 Å². The minimum absolute atomic E-state index is 0.0820. The van der Waals surface area contributed by atoms with Crippen LogP contribution in [0.4, 0.5) is 0 Å². The van der Waals surface area contributed by atoms with Gasteiger partial charge in [0.2, 0.25) is 10.0 Å². The Balaban J connectivity index is 2.38. The van der Waals surface area contributed by atoms with Crippen LogP contribution in [0.3, 0.4) is 0 Å². The Labute approximate surface area is 164 Å². The number of rotatable bonds is 8. The maximum Gasteiger partial charge on any atom is 0.308 e. The molecule has 0 radical (unpaired) electrons. The molecule has 2 aromatic rings. The van der Waals surface area contributed by atoms with Crippen molar-refractivity contribution < 1.29 is 27.5 Å². The van der Waals surface area contributed by atoms with Crippen LogP contribution in [0.5, 0.6) is 11.5 Å². The van der Waals surface area contributed by atoms with Crippen LogP contribution in [0, 0.1) is 0 Å². The lowest BCUT2D eigenvalue weighted by atomic mass is 9.99. The third kappa shape index (κ3) is 6.33. The molecule has 0 amide bonds. The molecular formula is C20H21NO6S. The Morgan fingerprint density at radius 3 is 2.21 bits per heavy atom. The molecule has 0 aliphatic heterocycles. The lowest BCUT2D eigenvalue weighted by molar-refractivity contribution is -0.134. The van der Waals surface area contributed by atoms with Crippen LogP contribution in [0.25, 0.3) is 0 Å². The van der Waals surface area contributed by atoms with Gasteiger partial charge in [-0.05, 0) is 29.7 Å². The predicted octanol–water partition coefficient (Wildman–Crippen LogP) is 2.88. The van der Waals surface area contributed by atoms with Crippen molar-refractivity contribution in [2.45, 2.75) is 26.3 Å². The summed E-state index contributed by atoms with van der Waals surface area (Å²) in [5.41, 5.74) is 1.43. The molecule has 0 saturated carbocycles. The first-order chi connectivity index (χ1) is 13.2. The third-order valence-corrected chi connectivity index (χ3v) is 4.74. The Kier molecular flexibility index (Phi) is 7.08. The molecule has 28 heavy (non-hydrogen) atoms. The van der Waals surface area contributed by atoms with Gasteiger partial charge >= 0.3 is 11.9 Å². The van der Waals surface area contributed by atoms with Gasteiger partial charge < -0.3 is 9.47 Å². The fraction of sp³-hybridized carbons (Fsp3) is 0.200. The Hall–Kier alpha value is -2.97. The van der Waals surface area contributed by atoms with E-state index in [0.29, 0.717) is 5.56 Å². The van der Waals surface area contributed by atoms with E-state index in [9.17, 15) is 18.0 Å². The number of hydrogen-bond acceptors (Lipinski definition) is 6. The number of carbonyl (C=O) groups excluding carboxylic acids is 2. The van der Waals surface area contributed by atoms with Crippen molar-refractivity contribution in [1.82, 2.24) is 4.72 Å². The van der Waals surface area contributed by atoms with Crippen LogP contribution >= 0.6 is 0 Å². The summed E-state index contributed by atoms with van der Waals surface area (Å²) in [4.78, 5) is 22.6. The summed E-state index contributed by atoms with van der Waals surface area (Å²) in [6.07, 6.45) is 0.270. The van der Waals surface area contributed by atoms with Gasteiger partial charge in [0.15, 0.2) is 11.5 Å². The van der Waals surface area contributed by atoms with E-state index in [1.807, 2.05) is 6.07 Å². The molecule has 1 atom stereocenters. The normalized spacial score (nSPS) is 12.1. The summed E-state index contributed by atoms with van der Waals surface area (Å²) in [5, 5.41) is 0.844. The second kappa shape index (κ2) is 9.29. The number of nitrogens with one attached hydrogen (secondary N) is 1. The van der Waals surface area contributed by atoms with Gasteiger partial charge in [0, 0.05) is 19.3 Å². The molecule has 0 aromatic heterocycles. The highest BCUT2D eigenvalue weighted by Gasteiger charge is 2.19. The number of sulfonamides is 1. The minimum Gasteiger partial charge on any atom is -0.423 e. The molecule has 0 aliphatic carbocycles. The second-order valence-electron chi connectivity index (χ2n) is 5.97. The number of ether oxygens (including phenoxy) is 2. The van der Waals surface area contributed by atoms with Crippen LogP contribution in [-0.2, 0) is 26.0 Å². The first-order valence-electron chi connectivity index (χ1n) is 8.39. The molecule has 0 bridgehead atoms. The zero-order valence-corrected chi connectivity index (χ0v) is 16.4. The standard InChI is InChI=1S/C20H21NO6S/c1-4-28(24,25)21-18(17-8-6-5-7-9-17)12-16-10-11-19(26-14(2)22)20(13-16)27-15(3)23/h4-11,13,18,21H,1,12H2,2-3H3. The number of esters is 2.